The number of furan rings is 1. The Morgan fingerprint density at radius 1 is 0.330 bits per heavy atom. The SMILES string of the molecule is COC(=O)c1cc(C(OC(=O)C(C)Oc2ccc(OC)cc2)C(OC(=O)C(C)Oc2ccc(OC)cc2)C(OC(=O)C(C)Oc2ccc(OC)cc2)OC(=O)C(C)Oc2ccc(OC)cc2)oc1C.COc1ccc(OC(C)C(=O)OCCCOC(=O)C(C)Oc2ccc(OC)cc2)cc1. The van der Waals surface area contributed by atoms with Gasteiger partial charge in [-0.05, 0) is 200 Å². The summed E-state index contributed by atoms with van der Waals surface area (Å²) in [7, 11) is 10.2. The zero-order valence-electron chi connectivity index (χ0n) is 57.8. The molecule has 8 atom stereocenters. The molecular formula is C73H82O27. The average Bonchev–Trinajstić information content (AvgIpc) is 1.59. The highest BCUT2D eigenvalue weighted by Crippen LogP contribution is 2.35. The third-order valence-electron chi connectivity index (χ3n) is 14.2. The summed E-state index contributed by atoms with van der Waals surface area (Å²) >= 11 is 0. The van der Waals surface area contributed by atoms with Gasteiger partial charge in [0.05, 0.1) is 63.0 Å². The summed E-state index contributed by atoms with van der Waals surface area (Å²) in [4.78, 5) is 93.7. The standard InChI is InChI=1S/C50H54O19.C23H28O8/c1-28-41(49(55)60-10)27-42(65-28)43(66-45(51)29(2)61-37-19-11-33(56-6)12-20-37)44(67-46(52)30(3)62-38-21-13-34(57-7)14-22-38)50(68-47(53)31(4)63-39-23-15-35(58-8)16-24-39)69-48(54)32(5)64-40-25-17-36(59-9)18-26-40;1-16(30-20-10-6-18(26-3)7-11-20)22(24)28-14-5-15-29-23(25)17(2)31-21-12-8-19(27-4)9-13-21/h11-27,29-32,43-44,50H,1-10H3;6-13,16-17H,5,14-15H2,1-4H3. The summed E-state index contributed by atoms with van der Waals surface area (Å²) in [6.07, 6.45) is -13.3. The molecule has 0 spiro atoms. The second kappa shape index (κ2) is 39.0. The lowest BCUT2D eigenvalue weighted by atomic mass is 10.1. The van der Waals surface area contributed by atoms with E-state index in [9.17, 15) is 33.6 Å². The third-order valence-corrected chi connectivity index (χ3v) is 14.2. The molecule has 0 amide bonds. The largest absolute Gasteiger partial charge is 0.497 e. The second-order valence-electron chi connectivity index (χ2n) is 21.4. The van der Waals surface area contributed by atoms with Crippen molar-refractivity contribution in [1.82, 2.24) is 0 Å². The van der Waals surface area contributed by atoms with Crippen LogP contribution >= 0.6 is 0 Å². The van der Waals surface area contributed by atoms with E-state index in [1.807, 2.05) is 0 Å². The summed E-state index contributed by atoms with van der Waals surface area (Å²) in [5.41, 5.74) is -0.120. The Balaban J connectivity index is 0.000000423. The molecule has 536 valence electrons. The van der Waals surface area contributed by atoms with Crippen molar-refractivity contribution < 1.29 is 128 Å². The Morgan fingerprint density at radius 3 is 0.830 bits per heavy atom. The molecule has 1 aromatic heterocycles. The molecular weight excluding hydrogens is 1310 g/mol. The van der Waals surface area contributed by atoms with E-state index in [1.54, 1.807) is 137 Å². The molecule has 27 nitrogen and oxygen atoms in total. The fraction of sp³-hybridized carbons (Fsp3) is 0.356. The number of methoxy groups -OCH3 is 7. The molecule has 0 aliphatic carbocycles. The fourth-order valence-corrected chi connectivity index (χ4v) is 8.61. The molecule has 0 saturated carbocycles. The Morgan fingerprint density at radius 2 is 0.570 bits per heavy atom. The molecule has 0 fully saturated rings. The van der Waals surface area contributed by atoms with Crippen LogP contribution in [0.15, 0.2) is 156 Å². The first-order valence-electron chi connectivity index (χ1n) is 31.2. The molecule has 0 bridgehead atoms. The van der Waals surface area contributed by atoms with Crippen molar-refractivity contribution in [3.8, 4) is 69.0 Å². The van der Waals surface area contributed by atoms with E-state index in [4.69, 9.17) is 94.4 Å². The maximum atomic E-state index is 14.3. The summed E-state index contributed by atoms with van der Waals surface area (Å²) in [5, 5.41) is 0. The maximum absolute atomic E-state index is 14.3. The predicted octanol–water partition coefficient (Wildman–Crippen LogP) is 10.6. The van der Waals surface area contributed by atoms with Crippen LogP contribution in [0.4, 0.5) is 0 Å². The lowest BCUT2D eigenvalue weighted by Crippen LogP contribution is -2.48. The van der Waals surface area contributed by atoms with Gasteiger partial charge in [0, 0.05) is 6.42 Å². The van der Waals surface area contributed by atoms with Gasteiger partial charge in [0.2, 0.25) is 12.2 Å². The van der Waals surface area contributed by atoms with E-state index in [2.05, 4.69) is 0 Å². The minimum absolute atomic E-state index is 0.0183. The van der Waals surface area contributed by atoms with Crippen LogP contribution in [0.25, 0.3) is 0 Å². The van der Waals surface area contributed by atoms with Crippen LogP contribution in [0.2, 0.25) is 0 Å². The Labute approximate surface area is 578 Å². The van der Waals surface area contributed by atoms with Crippen molar-refractivity contribution >= 4 is 41.8 Å². The zero-order chi connectivity index (χ0) is 72.8. The molecule has 8 unspecified atom stereocenters. The number of rotatable bonds is 36. The van der Waals surface area contributed by atoms with Crippen LogP contribution in [-0.4, -0.2) is 154 Å². The topological polar surface area (TPSA) is 308 Å². The van der Waals surface area contributed by atoms with E-state index < -0.39 is 96.9 Å². The molecule has 27 heteroatoms. The van der Waals surface area contributed by atoms with E-state index in [-0.39, 0.29) is 53.3 Å². The quantitative estimate of drug-likeness (QED) is 0.0152. The van der Waals surface area contributed by atoms with E-state index in [0.29, 0.717) is 52.4 Å². The molecule has 0 aliphatic heterocycles. The zero-order valence-corrected chi connectivity index (χ0v) is 57.8. The molecule has 1 heterocycles. The molecule has 100 heavy (non-hydrogen) atoms. The molecule has 6 aromatic carbocycles. The number of hydrogen-bond donors (Lipinski definition) is 0. The van der Waals surface area contributed by atoms with Gasteiger partial charge in [-0.1, -0.05) is 0 Å². The summed E-state index contributed by atoms with van der Waals surface area (Å²) < 4.78 is 111. The van der Waals surface area contributed by atoms with Crippen molar-refractivity contribution in [1.29, 1.82) is 0 Å². The minimum atomic E-state index is -2.30. The highest BCUT2D eigenvalue weighted by Gasteiger charge is 2.47. The van der Waals surface area contributed by atoms with Crippen LogP contribution in [0.1, 0.15) is 75.9 Å². The second-order valence-corrected chi connectivity index (χ2v) is 21.4. The first-order chi connectivity index (χ1) is 48.0. The van der Waals surface area contributed by atoms with Crippen molar-refractivity contribution in [3.05, 3.63) is 169 Å². The van der Waals surface area contributed by atoms with Gasteiger partial charge in [-0.3, -0.25) is 0 Å². The van der Waals surface area contributed by atoms with Crippen molar-refractivity contribution in [3.63, 3.8) is 0 Å². The number of carbonyl (C=O) groups excluding carboxylic acids is 7. The smallest absolute Gasteiger partial charge is 0.350 e. The van der Waals surface area contributed by atoms with E-state index in [1.165, 1.54) is 99.5 Å². The number of ether oxygens (including phenoxy) is 19. The number of hydrogen-bond acceptors (Lipinski definition) is 27. The van der Waals surface area contributed by atoms with Crippen molar-refractivity contribution in [2.24, 2.45) is 0 Å². The van der Waals surface area contributed by atoms with E-state index in [0.717, 1.165) is 13.2 Å². The summed E-state index contributed by atoms with van der Waals surface area (Å²) in [6.45, 7) is 10.3. The highest BCUT2D eigenvalue weighted by atomic mass is 16.8. The Kier molecular flexibility index (Phi) is 30.2. The lowest BCUT2D eigenvalue weighted by Gasteiger charge is -2.33. The Hall–Kier alpha value is -11.5. The number of aryl methyl sites for hydroxylation is 1. The predicted molar refractivity (Wildman–Crippen MR) is 355 cm³/mol. The van der Waals surface area contributed by atoms with Gasteiger partial charge in [0.15, 0.2) is 36.6 Å². The first-order valence-corrected chi connectivity index (χ1v) is 31.2. The minimum Gasteiger partial charge on any atom is -0.497 e. The van der Waals surface area contributed by atoms with Gasteiger partial charge in [-0.15, -0.1) is 0 Å². The van der Waals surface area contributed by atoms with Gasteiger partial charge >= 0.3 is 41.8 Å². The summed E-state index contributed by atoms with van der Waals surface area (Å²) in [5.74, 6) is -1.33. The van der Waals surface area contributed by atoms with Crippen LogP contribution < -0.4 is 56.8 Å². The Bertz CT molecular complexity index is 3560. The number of esters is 7. The maximum Gasteiger partial charge on any atom is 0.350 e. The van der Waals surface area contributed by atoms with Gasteiger partial charge < -0.3 is 94.4 Å². The number of benzene rings is 6. The van der Waals surface area contributed by atoms with Gasteiger partial charge in [0.25, 0.3) is 6.29 Å². The van der Waals surface area contributed by atoms with Crippen LogP contribution in [0.3, 0.4) is 0 Å². The van der Waals surface area contributed by atoms with Crippen LogP contribution in [0, 0.1) is 6.92 Å². The van der Waals surface area contributed by atoms with Crippen molar-refractivity contribution in [2.45, 2.75) is 110 Å². The molecule has 7 aromatic rings. The normalized spacial score (nSPS) is 13.3. The molecule has 0 radical (unpaired) electrons. The third kappa shape index (κ3) is 23.9. The first kappa shape index (κ1) is 77.5. The number of carbonyl (C=O) groups is 7. The lowest BCUT2D eigenvalue weighted by molar-refractivity contribution is -0.238. The van der Waals surface area contributed by atoms with E-state index >= 15 is 0 Å². The monoisotopic (exact) mass is 1390 g/mol. The summed E-state index contributed by atoms with van der Waals surface area (Å²) in [6, 6.07) is 40.0. The molecule has 0 N–H and O–H groups in total. The van der Waals surface area contributed by atoms with Gasteiger partial charge in [-0.25, -0.2) is 33.6 Å². The molecule has 7 rings (SSSR count). The van der Waals surface area contributed by atoms with Gasteiger partial charge in [0.1, 0.15) is 86.1 Å². The van der Waals surface area contributed by atoms with Crippen LogP contribution in [0.5, 0.6) is 69.0 Å². The van der Waals surface area contributed by atoms with Gasteiger partial charge in [-0.2, -0.15) is 0 Å². The van der Waals surface area contributed by atoms with Crippen LogP contribution in [-0.2, 0) is 61.9 Å². The van der Waals surface area contributed by atoms with Crippen molar-refractivity contribution in [2.75, 3.05) is 63.0 Å². The molecule has 0 saturated heterocycles. The molecule has 0 aliphatic rings. The highest BCUT2D eigenvalue weighted by molar-refractivity contribution is 5.90. The average molecular weight is 1390 g/mol. The fourth-order valence-electron chi connectivity index (χ4n) is 8.61.